The van der Waals surface area contributed by atoms with Crippen molar-refractivity contribution in [1.29, 1.82) is 0 Å². The van der Waals surface area contributed by atoms with E-state index in [2.05, 4.69) is 27.9 Å². The van der Waals surface area contributed by atoms with Crippen LogP contribution in [-0.4, -0.2) is 31.2 Å². The SMILES string of the molecule is CCCNCCNCCc1nc(C)cs1. The molecule has 3 nitrogen and oxygen atoms in total. The van der Waals surface area contributed by atoms with Crippen LogP contribution in [0.1, 0.15) is 24.0 Å². The van der Waals surface area contributed by atoms with Gasteiger partial charge in [0.2, 0.25) is 0 Å². The summed E-state index contributed by atoms with van der Waals surface area (Å²) in [7, 11) is 0. The Hall–Kier alpha value is -0.450. The Kier molecular flexibility index (Phi) is 6.55. The molecule has 0 aliphatic rings. The molecule has 0 atom stereocenters. The summed E-state index contributed by atoms with van der Waals surface area (Å²) < 4.78 is 0. The molecular formula is C11H21N3S. The van der Waals surface area contributed by atoms with Gasteiger partial charge in [0.15, 0.2) is 0 Å². The Morgan fingerprint density at radius 3 is 2.53 bits per heavy atom. The molecule has 0 aromatic carbocycles. The summed E-state index contributed by atoms with van der Waals surface area (Å²) in [4.78, 5) is 4.42. The second-order valence-electron chi connectivity index (χ2n) is 3.63. The van der Waals surface area contributed by atoms with Gasteiger partial charge in [-0.3, -0.25) is 0 Å². The highest BCUT2D eigenvalue weighted by Gasteiger charge is 1.97. The minimum Gasteiger partial charge on any atom is -0.315 e. The molecule has 0 aliphatic heterocycles. The summed E-state index contributed by atoms with van der Waals surface area (Å²) in [5.74, 6) is 0. The molecule has 0 fully saturated rings. The van der Waals surface area contributed by atoms with E-state index in [1.807, 2.05) is 6.92 Å². The van der Waals surface area contributed by atoms with E-state index in [0.29, 0.717) is 0 Å². The number of hydrogen-bond acceptors (Lipinski definition) is 4. The first kappa shape index (κ1) is 12.6. The monoisotopic (exact) mass is 227 g/mol. The Morgan fingerprint density at radius 2 is 1.93 bits per heavy atom. The van der Waals surface area contributed by atoms with Crippen molar-refractivity contribution < 1.29 is 0 Å². The molecule has 1 aromatic heterocycles. The first-order valence-electron chi connectivity index (χ1n) is 5.65. The van der Waals surface area contributed by atoms with Gasteiger partial charge in [0, 0.05) is 37.1 Å². The maximum Gasteiger partial charge on any atom is 0.0940 e. The number of nitrogens with one attached hydrogen (secondary N) is 2. The molecule has 0 spiro atoms. The average molecular weight is 227 g/mol. The van der Waals surface area contributed by atoms with E-state index in [4.69, 9.17) is 0 Å². The van der Waals surface area contributed by atoms with Crippen LogP contribution < -0.4 is 10.6 Å². The second-order valence-corrected chi connectivity index (χ2v) is 4.58. The number of nitrogens with zero attached hydrogens (tertiary/aromatic N) is 1. The number of aryl methyl sites for hydroxylation is 1. The van der Waals surface area contributed by atoms with Gasteiger partial charge < -0.3 is 10.6 Å². The lowest BCUT2D eigenvalue weighted by atomic mass is 10.4. The fourth-order valence-electron chi connectivity index (χ4n) is 1.32. The Bertz CT molecular complexity index is 260. The Labute approximate surface area is 96.3 Å². The van der Waals surface area contributed by atoms with Crippen molar-refractivity contribution in [3.63, 3.8) is 0 Å². The van der Waals surface area contributed by atoms with Gasteiger partial charge in [0.1, 0.15) is 0 Å². The molecule has 1 rings (SSSR count). The van der Waals surface area contributed by atoms with Crippen molar-refractivity contribution in [1.82, 2.24) is 15.6 Å². The van der Waals surface area contributed by atoms with Gasteiger partial charge >= 0.3 is 0 Å². The highest BCUT2D eigenvalue weighted by Crippen LogP contribution is 2.08. The average Bonchev–Trinajstić information content (AvgIpc) is 2.63. The van der Waals surface area contributed by atoms with Crippen LogP contribution in [0.5, 0.6) is 0 Å². The lowest BCUT2D eigenvalue weighted by molar-refractivity contribution is 0.606. The van der Waals surface area contributed by atoms with Crippen LogP contribution in [0.3, 0.4) is 0 Å². The zero-order valence-electron chi connectivity index (χ0n) is 9.68. The normalized spacial score (nSPS) is 10.8. The van der Waals surface area contributed by atoms with Crippen LogP contribution >= 0.6 is 11.3 Å². The topological polar surface area (TPSA) is 37.0 Å². The predicted molar refractivity (Wildman–Crippen MR) is 66.6 cm³/mol. The molecule has 0 radical (unpaired) electrons. The van der Waals surface area contributed by atoms with Crippen LogP contribution in [0.25, 0.3) is 0 Å². The highest BCUT2D eigenvalue weighted by atomic mass is 32.1. The minimum absolute atomic E-state index is 1.03. The number of aromatic nitrogens is 1. The summed E-state index contributed by atoms with van der Waals surface area (Å²) in [6, 6.07) is 0. The molecule has 0 aliphatic carbocycles. The van der Waals surface area contributed by atoms with Crippen molar-refractivity contribution in [3.8, 4) is 0 Å². The van der Waals surface area contributed by atoms with Gasteiger partial charge in [0.25, 0.3) is 0 Å². The molecule has 15 heavy (non-hydrogen) atoms. The fraction of sp³-hybridized carbons (Fsp3) is 0.727. The van der Waals surface area contributed by atoms with Gasteiger partial charge in [0.05, 0.1) is 5.01 Å². The van der Waals surface area contributed by atoms with E-state index >= 15 is 0 Å². The third-order valence-electron chi connectivity index (χ3n) is 2.09. The zero-order valence-corrected chi connectivity index (χ0v) is 10.5. The summed E-state index contributed by atoms with van der Waals surface area (Å²) >= 11 is 1.75. The predicted octanol–water partition coefficient (Wildman–Crippen LogP) is 1.58. The van der Waals surface area contributed by atoms with E-state index in [0.717, 1.165) is 38.3 Å². The number of rotatable bonds is 8. The van der Waals surface area contributed by atoms with Crippen molar-refractivity contribution in [2.24, 2.45) is 0 Å². The summed E-state index contributed by atoms with van der Waals surface area (Å²) in [6.45, 7) is 8.48. The molecule has 2 N–H and O–H groups in total. The molecule has 0 saturated carbocycles. The van der Waals surface area contributed by atoms with E-state index < -0.39 is 0 Å². The zero-order chi connectivity index (χ0) is 10.9. The van der Waals surface area contributed by atoms with E-state index in [1.165, 1.54) is 11.4 Å². The minimum atomic E-state index is 1.03. The van der Waals surface area contributed by atoms with Crippen molar-refractivity contribution in [3.05, 3.63) is 16.1 Å². The largest absolute Gasteiger partial charge is 0.315 e. The molecule has 1 aromatic rings. The lowest BCUT2D eigenvalue weighted by Crippen LogP contribution is -2.29. The van der Waals surface area contributed by atoms with Crippen molar-refractivity contribution >= 4 is 11.3 Å². The van der Waals surface area contributed by atoms with Crippen LogP contribution in [0.4, 0.5) is 0 Å². The molecule has 0 unspecified atom stereocenters. The third kappa shape index (κ3) is 5.87. The second kappa shape index (κ2) is 7.79. The quantitative estimate of drug-likeness (QED) is 0.662. The third-order valence-corrected chi connectivity index (χ3v) is 3.11. The maximum absolute atomic E-state index is 4.42. The van der Waals surface area contributed by atoms with Gasteiger partial charge in [-0.15, -0.1) is 11.3 Å². The van der Waals surface area contributed by atoms with Crippen LogP contribution in [-0.2, 0) is 6.42 Å². The fourth-order valence-corrected chi connectivity index (χ4v) is 2.09. The molecule has 1 heterocycles. The van der Waals surface area contributed by atoms with Crippen LogP contribution in [0.15, 0.2) is 5.38 Å². The smallest absolute Gasteiger partial charge is 0.0940 e. The molecule has 0 amide bonds. The van der Waals surface area contributed by atoms with Gasteiger partial charge in [-0.1, -0.05) is 6.92 Å². The van der Waals surface area contributed by atoms with E-state index in [9.17, 15) is 0 Å². The number of hydrogen-bond donors (Lipinski definition) is 2. The van der Waals surface area contributed by atoms with Crippen molar-refractivity contribution in [2.45, 2.75) is 26.7 Å². The van der Waals surface area contributed by atoms with Crippen molar-refractivity contribution in [2.75, 3.05) is 26.2 Å². The van der Waals surface area contributed by atoms with E-state index in [1.54, 1.807) is 11.3 Å². The Morgan fingerprint density at radius 1 is 1.20 bits per heavy atom. The molecule has 0 bridgehead atoms. The first-order valence-corrected chi connectivity index (χ1v) is 6.53. The first-order chi connectivity index (χ1) is 7.33. The maximum atomic E-state index is 4.42. The number of thiazole rings is 1. The summed E-state index contributed by atoms with van der Waals surface area (Å²) in [6.07, 6.45) is 2.25. The summed E-state index contributed by atoms with van der Waals surface area (Å²) in [5.41, 5.74) is 1.14. The molecule has 0 saturated heterocycles. The van der Waals surface area contributed by atoms with Crippen LogP contribution in [0.2, 0.25) is 0 Å². The molecule has 86 valence electrons. The lowest BCUT2D eigenvalue weighted by Gasteiger charge is -2.04. The summed E-state index contributed by atoms with van der Waals surface area (Å²) in [5, 5.41) is 10.1. The standard InChI is InChI=1S/C11H21N3S/c1-3-5-12-7-8-13-6-4-11-14-10(2)9-15-11/h9,12-13H,3-8H2,1-2H3. The van der Waals surface area contributed by atoms with Gasteiger partial charge in [-0.25, -0.2) is 4.98 Å². The van der Waals surface area contributed by atoms with E-state index in [-0.39, 0.29) is 0 Å². The van der Waals surface area contributed by atoms with Crippen LogP contribution in [0, 0.1) is 6.92 Å². The molecular weight excluding hydrogens is 206 g/mol. The highest BCUT2D eigenvalue weighted by molar-refractivity contribution is 7.09. The van der Waals surface area contributed by atoms with Gasteiger partial charge in [-0.05, 0) is 19.9 Å². The van der Waals surface area contributed by atoms with Gasteiger partial charge in [-0.2, -0.15) is 0 Å². The Balaban J connectivity index is 1.93. The molecule has 4 heteroatoms.